The lowest BCUT2D eigenvalue weighted by atomic mass is 9.76. The quantitative estimate of drug-likeness (QED) is 0.658. The second kappa shape index (κ2) is 9.58. The molecule has 29 heavy (non-hydrogen) atoms. The summed E-state index contributed by atoms with van der Waals surface area (Å²) in [5.74, 6) is -0.431. The Bertz CT molecular complexity index is 764. The van der Waals surface area contributed by atoms with Crippen LogP contribution in [0.4, 0.5) is 4.79 Å². The minimum atomic E-state index is -0.763. The number of rotatable bonds is 7. The van der Waals surface area contributed by atoms with E-state index in [1.54, 1.807) is 11.8 Å². The summed E-state index contributed by atoms with van der Waals surface area (Å²) in [5.41, 5.74) is 0.295. The molecule has 1 aromatic carbocycles. The Morgan fingerprint density at radius 1 is 1.24 bits per heavy atom. The number of cyclic esters (lactones) is 1. The molecule has 0 aliphatic carbocycles. The summed E-state index contributed by atoms with van der Waals surface area (Å²) >= 11 is 0. The fraction of sp³-hybridized carbons (Fsp3) is 0.500. The molecule has 1 aromatic rings. The largest absolute Gasteiger partial charge is 0.466 e. The molecule has 7 heteroatoms. The van der Waals surface area contributed by atoms with Gasteiger partial charge in [0.2, 0.25) is 5.91 Å². The third-order valence-corrected chi connectivity index (χ3v) is 5.43. The Morgan fingerprint density at radius 2 is 2.03 bits per heavy atom. The van der Waals surface area contributed by atoms with Crippen LogP contribution in [0.25, 0.3) is 6.08 Å². The third kappa shape index (κ3) is 5.16. The van der Waals surface area contributed by atoms with Crippen LogP contribution in [0.2, 0.25) is 0 Å². The number of amides is 2. The molecule has 2 aliphatic heterocycles. The van der Waals surface area contributed by atoms with Crippen molar-refractivity contribution < 1.29 is 23.9 Å². The van der Waals surface area contributed by atoms with Crippen molar-refractivity contribution in [1.29, 1.82) is 0 Å². The number of likely N-dealkylation sites (tertiary alicyclic amines) is 1. The van der Waals surface area contributed by atoms with Crippen LogP contribution in [0, 0.1) is 5.41 Å². The molecule has 3 rings (SSSR count). The van der Waals surface area contributed by atoms with E-state index >= 15 is 0 Å². The summed E-state index contributed by atoms with van der Waals surface area (Å²) < 4.78 is 10.3. The third-order valence-electron chi connectivity index (χ3n) is 5.43. The van der Waals surface area contributed by atoms with Crippen molar-refractivity contribution in [2.24, 2.45) is 5.41 Å². The lowest BCUT2D eigenvalue weighted by Gasteiger charge is -2.40. The molecule has 7 nitrogen and oxygen atoms in total. The summed E-state index contributed by atoms with van der Waals surface area (Å²) in [5, 5.41) is 0. The van der Waals surface area contributed by atoms with Crippen LogP contribution in [-0.2, 0) is 19.1 Å². The van der Waals surface area contributed by atoms with Gasteiger partial charge in [-0.3, -0.25) is 14.5 Å². The highest BCUT2D eigenvalue weighted by atomic mass is 16.6. The maximum atomic E-state index is 12.8. The summed E-state index contributed by atoms with van der Waals surface area (Å²) in [6.45, 7) is 3.67. The van der Waals surface area contributed by atoms with Gasteiger partial charge in [-0.15, -0.1) is 0 Å². The molecule has 0 saturated carbocycles. The van der Waals surface area contributed by atoms with Gasteiger partial charge >= 0.3 is 12.1 Å². The van der Waals surface area contributed by atoms with Gasteiger partial charge in [-0.1, -0.05) is 42.5 Å². The number of ether oxygens (including phenoxy) is 2. The number of hydrogen-bond donors (Lipinski definition) is 0. The Kier molecular flexibility index (Phi) is 6.90. The Balaban J connectivity index is 1.71. The van der Waals surface area contributed by atoms with Gasteiger partial charge in [0.05, 0.1) is 18.6 Å². The van der Waals surface area contributed by atoms with E-state index in [4.69, 9.17) is 9.47 Å². The molecule has 2 saturated heterocycles. The summed E-state index contributed by atoms with van der Waals surface area (Å²) in [4.78, 5) is 40.3. The molecule has 2 fully saturated rings. The molecular formula is C22H28N2O5. The SMILES string of the molecule is CCOC(=O)C1(C/C=C/c2ccccc2)CCCN(C(=O)CN2CCOC2=O)C1. The van der Waals surface area contributed by atoms with E-state index < -0.39 is 11.5 Å². The first-order valence-corrected chi connectivity index (χ1v) is 10.1. The van der Waals surface area contributed by atoms with Crippen LogP contribution < -0.4 is 0 Å². The normalized spacial score (nSPS) is 22.0. The Labute approximate surface area is 171 Å². The minimum absolute atomic E-state index is 0.0163. The number of esters is 1. The summed E-state index contributed by atoms with van der Waals surface area (Å²) in [6, 6.07) is 9.88. The van der Waals surface area contributed by atoms with Crippen molar-refractivity contribution in [1.82, 2.24) is 9.80 Å². The Morgan fingerprint density at radius 3 is 2.72 bits per heavy atom. The van der Waals surface area contributed by atoms with Gasteiger partial charge < -0.3 is 14.4 Å². The van der Waals surface area contributed by atoms with Gasteiger partial charge in [0.25, 0.3) is 0 Å². The van der Waals surface area contributed by atoms with Crippen molar-refractivity contribution in [3.63, 3.8) is 0 Å². The Hall–Kier alpha value is -2.83. The van der Waals surface area contributed by atoms with Gasteiger partial charge in [0.1, 0.15) is 13.2 Å². The predicted octanol–water partition coefficient (Wildman–Crippen LogP) is 2.71. The zero-order valence-electron chi connectivity index (χ0n) is 16.8. The highest BCUT2D eigenvalue weighted by molar-refractivity contribution is 5.84. The smallest absolute Gasteiger partial charge is 0.410 e. The molecule has 2 aliphatic rings. The fourth-order valence-corrected chi connectivity index (χ4v) is 3.86. The average Bonchev–Trinajstić information content (AvgIpc) is 3.13. The molecule has 0 spiro atoms. The van der Waals surface area contributed by atoms with Crippen LogP contribution >= 0.6 is 0 Å². The number of piperidine rings is 1. The fourth-order valence-electron chi connectivity index (χ4n) is 3.86. The van der Waals surface area contributed by atoms with Gasteiger partial charge in [-0.2, -0.15) is 0 Å². The van der Waals surface area contributed by atoms with Crippen LogP contribution in [0.1, 0.15) is 31.7 Å². The number of carbonyl (C=O) groups excluding carboxylic acids is 3. The molecule has 1 atom stereocenters. The first kappa shape index (κ1) is 20.9. The standard InChI is InChI=1S/C22H28N2O5/c1-2-28-20(26)22(11-6-10-18-8-4-3-5-9-18)12-7-13-24(17-22)19(25)16-23-14-15-29-21(23)27/h3-6,8-10H,2,7,11-17H2,1H3/b10-6+. The van der Waals surface area contributed by atoms with Crippen molar-refractivity contribution in [2.75, 3.05) is 39.4 Å². The number of nitrogens with zero attached hydrogens (tertiary/aromatic N) is 2. The van der Waals surface area contributed by atoms with Crippen molar-refractivity contribution >= 4 is 24.0 Å². The highest BCUT2D eigenvalue weighted by Crippen LogP contribution is 2.36. The van der Waals surface area contributed by atoms with E-state index in [2.05, 4.69) is 0 Å². The van der Waals surface area contributed by atoms with E-state index in [0.717, 1.165) is 5.56 Å². The molecule has 156 valence electrons. The molecule has 2 amide bonds. The zero-order valence-corrected chi connectivity index (χ0v) is 16.8. The summed E-state index contributed by atoms with van der Waals surface area (Å²) in [6.07, 6.45) is 5.39. The summed E-state index contributed by atoms with van der Waals surface area (Å²) in [7, 11) is 0. The van der Waals surface area contributed by atoms with Gasteiger partial charge in [-0.25, -0.2) is 4.79 Å². The molecular weight excluding hydrogens is 372 g/mol. The monoisotopic (exact) mass is 400 g/mol. The number of allylic oxidation sites excluding steroid dienone is 1. The van der Waals surface area contributed by atoms with Crippen molar-refractivity contribution in [3.8, 4) is 0 Å². The maximum Gasteiger partial charge on any atom is 0.410 e. The van der Waals surface area contributed by atoms with Crippen molar-refractivity contribution in [3.05, 3.63) is 42.0 Å². The topological polar surface area (TPSA) is 76.2 Å². The molecule has 0 N–H and O–H groups in total. The van der Waals surface area contributed by atoms with Crippen LogP contribution in [0.15, 0.2) is 36.4 Å². The number of benzene rings is 1. The second-order valence-electron chi connectivity index (χ2n) is 7.47. The molecule has 2 heterocycles. The van der Waals surface area contributed by atoms with Crippen LogP contribution in [0.5, 0.6) is 0 Å². The maximum absolute atomic E-state index is 12.8. The van der Waals surface area contributed by atoms with Crippen LogP contribution in [0.3, 0.4) is 0 Å². The average molecular weight is 400 g/mol. The minimum Gasteiger partial charge on any atom is -0.466 e. The first-order chi connectivity index (χ1) is 14.0. The lowest BCUT2D eigenvalue weighted by molar-refractivity contribution is -0.160. The van der Waals surface area contributed by atoms with E-state index in [1.165, 1.54) is 4.90 Å². The number of hydrogen-bond acceptors (Lipinski definition) is 5. The van der Waals surface area contributed by atoms with E-state index in [0.29, 0.717) is 52.1 Å². The molecule has 1 unspecified atom stereocenters. The lowest BCUT2D eigenvalue weighted by Crippen LogP contribution is -2.52. The van der Waals surface area contributed by atoms with Crippen LogP contribution in [-0.4, -0.2) is 67.2 Å². The molecule has 0 bridgehead atoms. The first-order valence-electron chi connectivity index (χ1n) is 10.1. The number of carbonyl (C=O) groups is 3. The van der Waals surface area contributed by atoms with Gasteiger partial charge in [-0.05, 0) is 31.7 Å². The highest BCUT2D eigenvalue weighted by Gasteiger charge is 2.44. The molecule has 0 radical (unpaired) electrons. The van der Waals surface area contributed by atoms with Crippen molar-refractivity contribution in [2.45, 2.75) is 26.2 Å². The van der Waals surface area contributed by atoms with E-state index in [9.17, 15) is 14.4 Å². The predicted molar refractivity (Wildman–Crippen MR) is 108 cm³/mol. The second-order valence-corrected chi connectivity index (χ2v) is 7.47. The zero-order chi connectivity index (χ0) is 20.7. The van der Waals surface area contributed by atoms with E-state index in [1.807, 2.05) is 42.5 Å². The van der Waals surface area contributed by atoms with Gasteiger partial charge in [0, 0.05) is 13.1 Å². The molecule has 0 aromatic heterocycles. The van der Waals surface area contributed by atoms with Gasteiger partial charge in [0.15, 0.2) is 0 Å². The van der Waals surface area contributed by atoms with E-state index in [-0.39, 0.29) is 18.4 Å².